The van der Waals surface area contributed by atoms with E-state index in [4.69, 9.17) is 4.42 Å². The Morgan fingerprint density at radius 2 is 2.32 bits per heavy atom. The van der Waals surface area contributed by atoms with E-state index in [-0.39, 0.29) is 11.8 Å². The largest absolute Gasteiger partial charge is 0.417 e. The van der Waals surface area contributed by atoms with Crippen LogP contribution in [0.3, 0.4) is 0 Å². The molecule has 19 heavy (non-hydrogen) atoms. The van der Waals surface area contributed by atoms with Gasteiger partial charge in [0.1, 0.15) is 0 Å². The van der Waals surface area contributed by atoms with Crippen LogP contribution in [0, 0.1) is 5.92 Å². The third-order valence-electron chi connectivity index (χ3n) is 3.35. The van der Waals surface area contributed by atoms with E-state index in [1.165, 1.54) is 0 Å². The summed E-state index contributed by atoms with van der Waals surface area (Å²) in [5.41, 5.74) is 1.74. The Labute approximate surface area is 109 Å². The number of piperidine rings is 1. The normalized spacial score (nSPS) is 19.5. The monoisotopic (exact) mass is 261 g/mol. The molecule has 100 valence electrons. The minimum Gasteiger partial charge on any atom is -0.408 e. The lowest BCUT2D eigenvalue weighted by Gasteiger charge is -2.21. The molecular weight excluding hydrogens is 246 g/mol. The molecule has 1 fully saturated rings. The first-order valence-corrected chi connectivity index (χ1v) is 6.37. The standard InChI is InChI=1S/C13H15N3O3/c17-12(8-2-1-5-14-7-8)15-9-3-4-11-10(6-9)16-13(18)19-11/h3-4,6,8,14H,1-2,5,7H2,(H,15,17)(H,16,18)/t8-/m1/s1. The molecule has 1 aliphatic heterocycles. The fraction of sp³-hybridized carbons (Fsp3) is 0.385. The zero-order valence-electron chi connectivity index (χ0n) is 10.4. The van der Waals surface area contributed by atoms with Crippen LogP contribution in [0.4, 0.5) is 5.69 Å². The van der Waals surface area contributed by atoms with E-state index in [2.05, 4.69) is 15.6 Å². The summed E-state index contributed by atoms with van der Waals surface area (Å²) in [7, 11) is 0. The number of H-pyrrole nitrogens is 1. The van der Waals surface area contributed by atoms with Crippen LogP contribution >= 0.6 is 0 Å². The molecule has 1 aromatic carbocycles. The Morgan fingerprint density at radius 3 is 3.11 bits per heavy atom. The van der Waals surface area contributed by atoms with Crippen LogP contribution in [0.5, 0.6) is 0 Å². The second kappa shape index (κ2) is 4.89. The van der Waals surface area contributed by atoms with Crippen molar-refractivity contribution in [1.29, 1.82) is 0 Å². The Morgan fingerprint density at radius 1 is 1.42 bits per heavy atom. The van der Waals surface area contributed by atoms with E-state index in [0.29, 0.717) is 16.8 Å². The zero-order valence-corrected chi connectivity index (χ0v) is 10.4. The molecule has 2 heterocycles. The summed E-state index contributed by atoms with van der Waals surface area (Å²) in [6, 6.07) is 5.10. The first-order chi connectivity index (χ1) is 9.22. The summed E-state index contributed by atoms with van der Waals surface area (Å²) in [5, 5.41) is 6.08. The number of anilines is 1. The van der Waals surface area contributed by atoms with Gasteiger partial charge in [-0.2, -0.15) is 0 Å². The second-order valence-electron chi connectivity index (χ2n) is 4.76. The lowest BCUT2D eigenvalue weighted by atomic mass is 9.99. The van der Waals surface area contributed by atoms with Gasteiger partial charge < -0.3 is 15.1 Å². The number of carbonyl (C=O) groups is 1. The maximum absolute atomic E-state index is 12.1. The van der Waals surface area contributed by atoms with Gasteiger partial charge in [-0.1, -0.05) is 0 Å². The summed E-state index contributed by atoms with van der Waals surface area (Å²) < 4.78 is 4.91. The molecule has 1 atom stereocenters. The van der Waals surface area contributed by atoms with Crippen molar-refractivity contribution >= 4 is 22.7 Å². The molecule has 1 amide bonds. The summed E-state index contributed by atoms with van der Waals surface area (Å²) in [6.45, 7) is 1.70. The maximum Gasteiger partial charge on any atom is 0.417 e. The number of oxazole rings is 1. The van der Waals surface area contributed by atoms with Crippen molar-refractivity contribution in [3.63, 3.8) is 0 Å². The van der Waals surface area contributed by atoms with E-state index >= 15 is 0 Å². The van der Waals surface area contributed by atoms with Crippen molar-refractivity contribution in [3.05, 3.63) is 28.7 Å². The molecule has 3 N–H and O–H groups in total. The highest BCUT2D eigenvalue weighted by atomic mass is 16.4. The molecule has 0 radical (unpaired) electrons. The number of benzene rings is 1. The highest BCUT2D eigenvalue weighted by Crippen LogP contribution is 2.18. The molecule has 3 rings (SSSR count). The van der Waals surface area contributed by atoms with Crippen LogP contribution in [-0.2, 0) is 4.79 Å². The van der Waals surface area contributed by atoms with Gasteiger partial charge in [-0.3, -0.25) is 9.78 Å². The van der Waals surface area contributed by atoms with Crippen molar-refractivity contribution < 1.29 is 9.21 Å². The number of nitrogens with one attached hydrogen (secondary N) is 3. The van der Waals surface area contributed by atoms with E-state index in [1.54, 1.807) is 18.2 Å². The van der Waals surface area contributed by atoms with E-state index < -0.39 is 5.76 Å². The van der Waals surface area contributed by atoms with Gasteiger partial charge in [0, 0.05) is 12.2 Å². The number of aromatic amines is 1. The third-order valence-corrected chi connectivity index (χ3v) is 3.35. The number of rotatable bonds is 2. The molecule has 0 unspecified atom stereocenters. The molecular formula is C13H15N3O3. The molecule has 0 spiro atoms. The fourth-order valence-electron chi connectivity index (χ4n) is 2.35. The first-order valence-electron chi connectivity index (χ1n) is 6.37. The van der Waals surface area contributed by atoms with Crippen molar-refractivity contribution in [2.24, 2.45) is 5.92 Å². The first kappa shape index (κ1) is 12.0. The lowest BCUT2D eigenvalue weighted by Crippen LogP contribution is -2.37. The topological polar surface area (TPSA) is 87.1 Å². The number of carbonyl (C=O) groups excluding carboxylic acids is 1. The molecule has 1 aliphatic rings. The number of hydrogen-bond acceptors (Lipinski definition) is 4. The fourth-order valence-corrected chi connectivity index (χ4v) is 2.35. The Kier molecular flexibility index (Phi) is 3.08. The summed E-state index contributed by atoms with van der Waals surface area (Å²) in [4.78, 5) is 25.7. The molecule has 0 aliphatic carbocycles. The Balaban J connectivity index is 1.76. The maximum atomic E-state index is 12.1. The van der Waals surface area contributed by atoms with Gasteiger partial charge in [-0.05, 0) is 37.6 Å². The molecule has 1 aromatic heterocycles. The summed E-state index contributed by atoms with van der Waals surface area (Å²) in [5.74, 6) is -0.472. The van der Waals surface area contributed by atoms with Crippen LogP contribution in [0.1, 0.15) is 12.8 Å². The molecule has 0 bridgehead atoms. The van der Waals surface area contributed by atoms with Crippen molar-refractivity contribution in [1.82, 2.24) is 10.3 Å². The molecule has 6 nitrogen and oxygen atoms in total. The molecule has 1 saturated heterocycles. The average Bonchev–Trinajstić information content (AvgIpc) is 2.79. The highest BCUT2D eigenvalue weighted by Gasteiger charge is 2.20. The minimum atomic E-state index is -0.491. The van der Waals surface area contributed by atoms with Crippen LogP contribution in [0.2, 0.25) is 0 Å². The smallest absolute Gasteiger partial charge is 0.408 e. The van der Waals surface area contributed by atoms with Crippen LogP contribution in [0.25, 0.3) is 11.1 Å². The van der Waals surface area contributed by atoms with Crippen molar-refractivity contribution in [2.75, 3.05) is 18.4 Å². The number of amides is 1. The summed E-state index contributed by atoms with van der Waals surface area (Å²) in [6.07, 6.45) is 1.93. The average molecular weight is 261 g/mol. The number of hydrogen-bond donors (Lipinski definition) is 3. The number of aromatic nitrogens is 1. The highest BCUT2D eigenvalue weighted by molar-refractivity contribution is 5.94. The molecule has 6 heteroatoms. The molecule has 2 aromatic rings. The van der Waals surface area contributed by atoms with Gasteiger partial charge in [0.05, 0.1) is 11.4 Å². The number of fused-ring (bicyclic) bond motifs is 1. The lowest BCUT2D eigenvalue weighted by molar-refractivity contribution is -0.120. The minimum absolute atomic E-state index is 0.00726. The van der Waals surface area contributed by atoms with Gasteiger partial charge >= 0.3 is 5.76 Å². The van der Waals surface area contributed by atoms with E-state index in [9.17, 15) is 9.59 Å². The van der Waals surface area contributed by atoms with Gasteiger partial charge in [-0.25, -0.2) is 4.79 Å². The predicted molar refractivity (Wildman–Crippen MR) is 71.1 cm³/mol. The predicted octanol–water partition coefficient (Wildman–Crippen LogP) is 1.06. The van der Waals surface area contributed by atoms with Gasteiger partial charge in [-0.15, -0.1) is 0 Å². The van der Waals surface area contributed by atoms with Crippen molar-refractivity contribution in [2.45, 2.75) is 12.8 Å². The van der Waals surface area contributed by atoms with Gasteiger partial charge in [0.2, 0.25) is 5.91 Å². The van der Waals surface area contributed by atoms with Crippen LogP contribution in [-0.4, -0.2) is 24.0 Å². The van der Waals surface area contributed by atoms with Crippen LogP contribution < -0.4 is 16.4 Å². The van der Waals surface area contributed by atoms with E-state index in [1.807, 2.05) is 0 Å². The zero-order chi connectivity index (χ0) is 13.2. The van der Waals surface area contributed by atoms with Crippen LogP contribution in [0.15, 0.2) is 27.4 Å². The van der Waals surface area contributed by atoms with E-state index in [0.717, 1.165) is 25.9 Å². The Bertz CT molecular complexity index is 652. The SMILES string of the molecule is O=C(Nc1ccc2oc(=O)[nH]c2c1)[C@@H]1CCCNC1. The molecule has 0 saturated carbocycles. The quantitative estimate of drug-likeness (QED) is 0.754. The van der Waals surface area contributed by atoms with Crippen molar-refractivity contribution in [3.8, 4) is 0 Å². The third kappa shape index (κ3) is 2.53. The van der Waals surface area contributed by atoms with Gasteiger partial charge in [0.25, 0.3) is 0 Å². The van der Waals surface area contributed by atoms with Gasteiger partial charge in [0.15, 0.2) is 5.58 Å². The summed E-state index contributed by atoms with van der Waals surface area (Å²) >= 11 is 0. The Hall–Kier alpha value is -2.08. The second-order valence-corrected chi connectivity index (χ2v) is 4.76.